The van der Waals surface area contributed by atoms with E-state index in [9.17, 15) is 0 Å². The lowest BCUT2D eigenvalue weighted by atomic mass is 9.67. The highest BCUT2D eigenvalue weighted by Crippen LogP contribution is 2.41. The predicted octanol–water partition coefficient (Wildman–Crippen LogP) is 6.59. The summed E-state index contributed by atoms with van der Waals surface area (Å²) in [7, 11) is 0. The van der Waals surface area contributed by atoms with Crippen LogP contribution < -0.4 is 0 Å². The van der Waals surface area contributed by atoms with Crippen LogP contribution in [0.1, 0.15) is 23.1 Å². The third-order valence-corrected chi connectivity index (χ3v) is 5.54. The zero-order chi connectivity index (χ0) is 18.4. The van der Waals surface area contributed by atoms with Crippen LogP contribution in [0.3, 0.4) is 0 Å². The van der Waals surface area contributed by atoms with Gasteiger partial charge in [0.05, 0.1) is 0 Å². The molecule has 0 heterocycles. The molecule has 0 aliphatic heterocycles. The molecule has 1 aliphatic carbocycles. The van der Waals surface area contributed by atoms with Gasteiger partial charge in [-0.2, -0.15) is 0 Å². The zero-order valence-corrected chi connectivity index (χ0v) is 15.7. The number of hydrogen-bond donors (Lipinski definition) is 0. The van der Waals surface area contributed by atoms with E-state index in [1.54, 1.807) is 0 Å². The first-order chi connectivity index (χ1) is 13.3. The molecule has 0 spiro atoms. The molecule has 0 saturated carbocycles. The van der Waals surface area contributed by atoms with Gasteiger partial charge in [0, 0.05) is 5.41 Å². The van der Waals surface area contributed by atoms with E-state index in [4.69, 9.17) is 0 Å². The van der Waals surface area contributed by atoms with Crippen molar-refractivity contribution in [2.45, 2.75) is 25.7 Å². The molecule has 4 rings (SSSR count). The van der Waals surface area contributed by atoms with Gasteiger partial charge in [-0.05, 0) is 47.9 Å². The molecular formula is C27H26. The minimum atomic E-state index is 0.0665. The first kappa shape index (κ1) is 17.5. The van der Waals surface area contributed by atoms with Crippen LogP contribution in [0, 0.1) is 5.41 Å². The molecule has 0 heteroatoms. The van der Waals surface area contributed by atoms with Crippen molar-refractivity contribution in [2.24, 2.45) is 5.41 Å². The fraction of sp³-hybridized carbons (Fsp3) is 0.185. The Morgan fingerprint density at radius 2 is 0.963 bits per heavy atom. The maximum absolute atomic E-state index is 2.43. The summed E-state index contributed by atoms with van der Waals surface area (Å²) in [6.45, 7) is 0. The Bertz CT molecular complexity index is 801. The van der Waals surface area contributed by atoms with Gasteiger partial charge in [-0.3, -0.25) is 0 Å². The van der Waals surface area contributed by atoms with E-state index < -0.39 is 0 Å². The quantitative estimate of drug-likeness (QED) is 0.451. The predicted molar refractivity (Wildman–Crippen MR) is 115 cm³/mol. The van der Waals surface area contributed by atoms with E-state index in [2.05, 4.69) is 109 Å². The van der Waals surface area contributed by atoms with E-state index in [0.29, 0.717) is 0 Å². The highest BCUT2D eigenvalue weighted by molar-refractivity contribution is 5.39. The van der Waals surface area contributed by atoms with Crippen molar-refractivity contribution in [2.75, 3.05) is 0 Å². The molecule has 3 aromatic rings. The second-order valence-corrected chi connectivity index (χ2v) is 7.56. The smallest absolute Gasteiger partial charge is 0.00708 e. The Morgan fingerprint density at radius 3 is 1.30 bits per heavy atom. The Balaban J connectivity index is 1.78. The monoisotopic (exact) mass is 350 g/mol. The number of rotatable bonds is 7. The lowest BCUT2D eigenvalue weighted by Gasteiger charge is -2.36. The zero-order valence-electron chi connectivity index (χ0n) is 15.7. The van der Waals surface area contributed by atoms with Crippen LogP contribution >= 0.6 is 0 Å². The Morgan fingerprint density at radius 1 is 0.556 bits per heavy atom. The van der Waals surface area contributed by atoms with Gasteiger partial charge in [0.1, 0.15) is 0 Å². The number of hydrogen-bond acceptors (Lipinski definition) is 0. The van der Waals surface area contributed by atoms with Crippen molar-refractivity contribution in [3.05, 3.63) is 131 Å². The van der Waals surface area contributed by atoms with E-state index in [1.165, 1.54) is 22.3 Å². The lowest BCUT2D eigenvalue weighted by Crippen LogP contribution is -2.31. The normalized spacial score (nSPS) is 13.6. The third kappa shape index (κ3) is 4.28. The molecule has 134 valence electrons. The van der Waals surface area contributed by atoms with E-state index in [0.717, 1.165) is 25.7 Å². The van der Waals surface area contributed by atoms with E-state index >= 15 is 0 Å². The summed E-state index contributed by atoms with van der Waals surface area (Å²) in [5.41, 5.74) is 5.78. The number of benzene rings is 3. The van der Waals surface area contributed by atoms with Crippen molar-refractivity contribution in [1.82, 2.24) is 0 Å². The van der Waals surface area contributed by atoms with Crippen molar-refractivity contribution in [3.63, 3.8) is 0 Å². The summed E-state index contributed by atoms with van der Waals surface area (Å²) >= 11 is 0. The summed E-state index contributed by atoms with van der Waals surface area (Å²) in [5.74, 6) is 0. The molecule has 0 amide bonds. The highest BCUT2D eigenvalue weighted by Gasteiger charge is 2.34. The van der Waals surface area contributed by atoms with Gasteiger partial charge in [0.2, 0.25) is 0 Å². The van der Waals surface area contributed by atoms with E-state index in [-0.39, 0.29) is 5.41 Å². The Labute approximate surface area is 162 Å². The summed E-state index contributed by atoms with van der Waals surface area (Å²) in [6, 6.07) is 32.9. The molecule has 0 bridgehead atoms. The second-order valence-electron chi connectivity index (χ2n) is 7.56. The molecule has 0 N–H and O–H groups in total. The largest absolute Gasteiger partial charge is 0.0804 e. The highest BCUT2D eigenvalue weighted by atomic mass is 14.4. The van der Waals surface area contributed by atoms with Crippen LogP contribution in [0.2, 0.25) is 0 Å². The number of allylic oxidation sites excluding steroid dienone is 4. The van der Waals surface area contributed by atoms with Crippen molar-refractivity contribution in [1.29, 1.82) is 0 Å². The van der Waals surface area contributed by atoms with Crippen LogP contribution in [-0.4, -0.2) is 0 Å². The summed E-state index contributed by atoms with van der Waals surface area (Å²) in [5, 5.41) is 0. The van der Waals surface area contributed by atoms with Crippen LogP contribution in [0.4, 0.5) is 0 Å². The van der Waals surface area contributed by atoms with Gasteiger partial charge < -0.3 is 0 Å². The topological polar surface area (TPSA) is 0 Å². The molecule has 0 saturated heterocycles. The van der Waals surface area contributed by atoms with Gasteiger partial charge in [-0.1, -0.05) is 109 Å². The molecule has 3 aromatic carbocycles. The van der Waals surface area contributed by atoms with Crippen LogP contribution in [-0.2, 0) is 19.3 Å². The molecule has 0 aromatic heterocycles. The fourth-order valence-corrected chi connectivity index (χ4v) is 4.30. The molecule has 27 heavy (non-hydrogen) atoms. The Kier molecular flexibility index (Phi) is 5.34. The van der Waals surface area contributed by atoms with Crippen LogP contribution in [0.25, 0.3) is 0 Å². The fourth-order valence-electron chi connectivity index (χ4n) is 4.30. The van der Waals surface area contributed by atoms with E-state index in [1.807, 2.05) is 0 Å². The standard InChI is InChI=1S/C27H26/c1-4-12-23(13-5-1)20-27(26-18-10-11-19-26,21-24-14-6-2-7-15-24)22-25-16-8-3-9-17-25/h1-10,12-19H,11,20-22H2. The Hall–Kier alpha value is -2.86. The lowest BCUT2D eigenvalue weighted by molar-refractivity contribution is 0.354. The first-order valence-electron chi connectivity index (χ1n) is 9.83. The molecule has 0 fully saturated rings. The van der Waals surface area contributed by atoms with Crippen LogP contribution in [0.15, 0.2) is 115 Å². The summed E-state index contributed by atoms with van der Waals surface area (Å²) < 4.78 is 0. The maximum atomic E-state index is 2.43. The minimum absolute atomic E-state index is 0.0665. The van der Waals surface area contributed by atoms with Crippen LogP contribution in [0.5, 0.6) is 0 Å². The molecule has 1 aliphatic rings. The average molecular weight is 351 g/mol. The summed E-state index contributed by atoms with van der Waals surface area (Å²) in [6.07, 6.45) is 11.3. The molecule has 0 nitrogen and oxygen atoms in total. The maximum Gasteiger partial charge on any atom is 0.00708 e. The van der Waals surface area contributed by atoms with Crippen molar-refractivity contribution in [3.8, 4) is 0 Å². The molecule has 0 unspecified atom stereocenters. The minimum Gasteiger partial charge on any atom is -0.0804 e. The van der Waals surface area contributed by atoms with Crippen molar-refractivity contribution < 1.29 is 0 Å². The second kappa shape index (κ2) is 8.22. The summed E-state index contributed by atoms with van der Waals surface area (Å²) in [4.78, 5) is 0. The van der Waals surface area contributed by atoms with Gasteiger partial charge in [-0.15, -0.1) is 0 Å². The van der Waals surface area contributed by atoms with Gasteiger partial charge in [0.15, 0.2) is 0 Å². The SMILES string of the molecule is C1=CC(C(Cc2ccccc2)(Cc2ccccc2)Cc2ccccc2)=CC1. The molecule has 0 atom stereocenters. The van der Waals surface area contributed by atoms with Gasteiger partial charge >= 0.3 is 0 Å². The molecule has 0 radical (unpaired) electrons. The first-order valence-corrected chi connectivity index (χ1v) is 9.83. The average Bonchev–Trinajstić information content (AvgIpc) is 3.26. The van der Waals surface area contributed by atoms with Crippen molar-refractivity contribution >= 4 is 0 Å². The third-order valence-electron chi connectivity index (χ3n) is 5.54. The van der Waals surface area contributed by atoms with Gasteiger partial charge in [0.25, 0.3) is 0 Å². The molecular weight excluding hydrogens is 324 g/mol. The van der Waals surface area contributed by atoms with Gasteiger partial charge in [-0.25, -0.2) is 0 Å².